The van der Waals surface area contributed by atoms with E-state index < -0.39 is 0 Å². The summed E-state index contributed by atoms with van der Waals surface area (Å²) in [4.78, 5) is 12.2. The summed E-state index contributed by atoms with van der Waals surface area (Å²) >= 11 is 1.60. The highest BCUT2D eigenvalue weighted by Crippen LogP contribution is 2.25. The number of benzene rings is 1. The molecule has 1 rings (SSSR count). The molecule has 0 radical (unpaired) electrons. The lowest BCUT2D eigenvalue weighted by Crippen LogP contribution is -1.98. The Labute approximate surface area is 94.1 Å². The molecule has 0 spiro atoms. The normalized spacial score (nSPS) is 10.7. The quantitative estimate of drug-likeness (QED) is 0.574. The Morgan fingerprint density at radius 1 is 1.47 bits per heavy atom. The van der Waals surface area contributed by atoms with Gasteiger partial charge in [0, 0.05) is 16.2 Å². The van der Waals surface area contributed by atoms with Gasteiger partial charge < -0.3 is 0 Å². The van der Waals surface area contributed by atoms with Gasteiger partial charge in [-0.1, -0.05) is 13.8 Å². The molecule has 15 heavy (non-hydrogen) atoms. The van der Waals surface area contributed by atoms with Crippen LogP contribution in [0.15, 0.2) is 23.1 Å². The maximum atomic E-state index is 12.9. The number of rotatable bonds is 4. The van der Waals surface area contributed by atoms with Gasteiger partial charge in [-0.15, -0.1) is 11.8 Å². The zero-order valence-electron chi connectivity index (χ0n) is 9.21. The van der Waals surface area contributed by atoms with E-state index in [9.17, 15) is 9.18 Å². The van der Waals surface area contributed by atoms with E-state index in [1.165, 1.54) is 19.1 Å². The molecule has 1 aromatic rings. The van der Waals surface area contributed by atoms with Crippen LogP contribution in [0.2, 0.25) is 0 Å². The number of halogens is 1. The molecule has 0 saturated heterocycles. The van der Waals surface area contributed by atoms with Gasteiger partial charge in [-0.25, -0.2) is 4.39 Å². The van der Waals surface area contributed by atoms with Crippen molar-refractivity contribution in [3.63, 3.8) is 0 Å². The minimum atomic E-state index is -0.353. The minimum absolute atomic E-state index is 0.0826. The summed E-state index contributed by atoms with van der Waals surface area (Å²) in [5.74, 6) is 1.06. The largest absolute Gasteiger partial charge is 0.294 e. The molecule has 82 valence electrons. The molecule has 0 unspecified atom stereocenters. The van der Waals surface area contributed by atoms with Crippen molar-refractivity contribution in [2.75, 3.05) is 5.75 Å². The van der Waals surface area contributed by atoms with E-state index >= 15 is 0 Å². The Morgan fingerprint density at radius 2 is 2.13 bits per heavy atom. The molecule has 0 aromatic heterocycles. The van der Waals surface area contributed by atoms with Crippen molar-refractivity contribution in [2.45, 2.75) is 25.7 Å². The fourth-order valence-corrected chi connectivity index (χ4v) is 2.19. The average molecular weight is 226 g/mol. The average Bonchev–Trinajstić information content (AvgIpc) is 2.15. The van der Waals surface area contributed by atoms with E-state index in [4.69, 9.17) is 0 Å². The number of ketones is 1. The van der Waals surface area contributed by atoms with E-state index in [1.807, 2.05) is 0 Å². The van der Waals surface area contributed by atoms with Crippen molar-refractivity contribution in [3.05, 3.63) is 29.6 Å². The molecule has 1 aromatic carbocycles. The van der Waals surface area contributed by atoms with Crippen molar-refractivity contribution in [2.24, 2.45) is 5.92 Å². The molecular formula is C12H15FOS. The van der Waals surface area contributed by atoms with Crippen molar-refractivity contribution >= 4 is 17.5 Å². The molecule has 0 aliphatic heterocycles. The van der Waals surface area contributed by atoms with Crippen LogP contribution in [-0.4, -0.2) is 11.5 Å². The van der Waals surface area contributed by atoms with Gasteiger partial charge >= 0.3 is 0 Å². The standard InChI is InChI=1S/C12H15FOS/c1-8(2)7-15-12-5-4-10(13)6-11(12)9(3)14/h4-6,8H,7H2,1-3H3. The van der Waals surface area contributed by atoms with Crippen molar-refractivity contribution in [1.29, 1.82) is 0 Å². The second-order valence-corrected chi connectivity index (χ2v) is 4.96. The maximum absolute atomic E-state index is 12.9. The molecule has 0 fully saturated rings. The van der Waals surface area contributed by atoms with E-state index in [0.29, 0.717) is 11.5 Å². The molecule has 0 aliphatic carbocycles. The Morgan fingerprint density at radius 3 is 2.67 bits per heavy atom. The van der Waals surface area contributed by atoms with Gasteiger partial charge in [0.2, 0.25) is 0 Å². The fraction of sp³-hybridized carbons (Fsp3) is 0.417. The number of thioether (sulfide) groups is 1. The topological polar surface area (TPSA) is 17.1 Å². The van der Waals surface area contributed by atoms with Crippen LogP contribution >= 0.6 is 11.8 Å². The van der Waals surface area contributed by atoms with E-state index in [0.717, 1.165) is 10.6 Å². The van der Waals surface area contributed by atoms with E-state index in [-0.39, 0.29) is 11.6 Å². The summed E-state index contributed by atoms with van der Waals surface area (Å²) in [5.41, 5.74) is 0.487. The highest BCUT2D eigenvalue weighted by atomic mass is 32.2. The molecular weight excluding hydrogens is 211 g/mol. The highest BCUT2D eigenvalue weighted by molar-refractivity contribution is 7.99. The van der Waals surface area contributed by atoms with Crippen LogP contribution in [0.5, 0.6) is 0 Å². The molecule has 0 atom stereocenters. The Bertz CT molecular complexity index is 361. The van der Waals surface area contributed by atoms with Gasteiger partial charge in [-0.2, -0.15) is 0 Å². The minimum Gasteiger partial charge on any atom is -0.294 e. The molecule has 0 aliphatic rings. The third-order valence-corrected chi connectivity index (χ3v) is 3.39. The summed E-state index contributed by atoms with van der Waals surface area (Å²) in [6.45, 7) is 5.70. The van der Waals surface area contributed by atoms with Crippen LogP contribution in [0.1, 0.15) is 31.1 Å². The molecule has 0 bridgehead atoms. The predicted molar refractivity (Wildman–Crippen MR) is 62.0 cm³/mol. The van der Waals surface area contributed by atoms with Gasteiger partial charge in [0.1, 0.15) is 5.82 Å². The highest BCUT2D eigenvalue weighted by Gasteiger charge is 2.09. The lowest BCUT2D eigenvalue weighted by molar-refractivity contribution is 0.101. The Balaban J connectivity index is 2.91. The van der Waals surface area contributed by atoms with Crippen LogP contribution in [0.25, 0.3) is 0 Å². The molecule has 0 saturated carbocycles. The summed E-state index contributed by atoms with van der Waals surface area (Å²) in [5, 5.41) is 0. The number of Topliss-reactive ketones (excluding diaryl/α,β-unsaturated/α-hetero) is 1. The monoisotopic (exact) mass is 226 g/mol. The SMILES string of the molecule is CC(=O)c1cc(F)ccc1SCC(C)C. The smallest absolute Gasteiger partial charge is 0.161 e. The first-order valence-electron chi connectivity index (χ1n) is 4.94. The zero-order valence-corrected chi connectivity index (χ0v) is 10.0. The van der Waals surface area contributed by atoms with Crippen LogP contribution in [0, 0.1) is 11.7 Å². The van der Waals surface area contributed by atoms with Gasteiger partial charge in [0.15, 0.2) is 5.78 Å². The molecule has 0 N–H and O–H groups in total. The lowest BCUT2D eigenvalue weighted by atomic mass is 10.1. The third-order valence-electron chi connectivity index (χ3n) is 1.89. The molecule has 1 nitrogen and oxygen atoms in total. The molecule has 3 heteroatoms. The summed E-state index contributed by atoms with van der Waals surface area (Å²) in [6.07, 6.45) is 0. The summed E-state index contributed by atoms with van der Waals surface area (Å²) < 4.78 is 12.9. The predicted octanol–water partition coefficient (Wildman–Crippen LogP) is 3.78. The molecule has 0 heterocycles. The number of carbonyl (C=O) groups is 1. The Hall–Kier alpha value is -0.830. The zero-order chi connectivity index (χ0) is 11.4. The first-order chi connectivity index (χ1) is 7.00. The number of carbonyl (C=O) groups excluding carboxylic acids is 1. The van der Waals surface area contributed by atoms with Crippen LogP contribution in [-0.2, 0) is 0 Å². The molecule has 0 amide bonds. The van der Waals surface area contributed by atoms with Crippen molar-refractivity contribution in [3.8, 4) is 0 Å². The van der Waals surface area contributed by atoms with E-state index in [1.54, 1.807) is 17.8 Å². The first kappa shape index (κ1) is 12.2. The van der Waals surface area contributed by atoms with Gasteiger partial charge in [-0.05, 0) is 31.0 Å². The van der Waals surface area contributed by atoms with Gasteiger partial charge in [0.25, 0.3) is 0 Å². The number of hydrogen-bond donors (Lipinski definition) is 0. The van der Waals surface area contributed by atoms with Crippen LogP contribution in [0.3, 0.4) is 0 Å². The van der Waals surface area contributed by atoms with Crippen molar-refractivity contribution < 1.29 is 9.18 Å². The maximum Gasteiger partial charge on any atom is 0.161 e. The number of hydrogen-bond acceptors (Lipinski definition) is 2. The van der Waals surface area contributed by atoms with Crippen molar-refractivity contribution in [1.82, 2.24) is 0 Å². The van der Waals surface area contributed by atoms with Crippen LogP contribution < -0.4 is 0 Å². The van der Waals surface area contributed by atoms with Gasteiger partial charge in [0.05, 0.1) is 0 Å². The summed E-state index contributed by atoms with van der Waals surface area (Å²) in [6, 6.07) is 4.39. The Kier molecular flexibility index (Phi) is 4.33. The summed E-state index contributed by atoms with van der Waals surface area (Å²) in [7, 11) is 0. The third kappa shape index (κ3) is 3.67. The lowest BCUT2D eigenvalue weighted by Gasteiger charge is -2.08. The van der Waals surface area contributed by atoms with E-state index in [2.05, 4.69) is 13.8 Å². The second kappa shape index (κ2) is 5.31. The first-order valence-corrected chi connectivity index (χ1v) is 5.92. The van der Waals surface area contributed by atoms with Crippen LogP contribution in [0.4, 0.5) is 4.39 Å². The second-order valence-electron chi connectivity index (χ2n) is 3.90. The van der Waals surface area contributed by atoms with Gasteiger partial charge in [-0.3, -0.25) is 4.79 Å². The fourth-order valence-electron chi connectivity index (χ4n) is 1.16.